The maximum absolute atomic E-state index is 12.4. The molecule has 0 fully saturated rings. The molecule has 19 heavy (non-hydrogen) atoms. The van der Waals surface area contributed by atoms with Gasteiger partial charge >= 0.3 is 5.76 Å². The van der Waals surface area contributed by atoms with E-state index in [1.807, 2.05) is 13.8 Å². The average molecular weight is 293 g/mol. The van der Waals surface area contributed by atoms with Gasteiger partial charge in [0.15, 0.2) is 0 Å². The van der Waals surface area contributed by atoms with Crippen LogP contribution in [0.1, 0.15) is 13.8 Å². The topological polar surface area (TPSA) is 55.4 Å². The first-order valence-electron chi connectivity index (χ1n) is 5.58. The molecule has 0 heterocycles. The van der Waals surface area contributed by atoms with E-state index in [1.165, 1.54) is 12.1 Å². The zero-order valence-corrected chi connectivity index (χ0v) is 11.8. The van der Waals surface area contributed by atoms with Crippen molar-refractivity contribution in [3.05, 3.63) is 24.3 Å². The Morgan fingerprint density at radius 1 is 1.26 bits per heavy atom. The van der Waals surface area contributed by atoms with Gasteiger partial charge in [-0.25, -0.2) is 8.42 Å². The van der Waals surface area contributed by atoms with Crippen LogP contribution >= 0.6 is 0 Å². The van der Waals surface area contributed by atoms with Gasteiger partial charge in [0.1, 0.15) is 0 Å². The van der Waals surface area contributed by atoms with Gasteiger partial charge in [0, 0.05) is 12.8 Å². The van der Waals surface area contributed by atoms with Crippen LogP contribution in [0.3, 0.4) is 0 Å². The fourth-order valence-electron chi connectivity index (χ4n) is 1.62. The number of benzene rings is 1. The molecule has 0 aromatic heterocycles. The lowest BCUT2D eigenvalue weighted by Gasteiger charge is -2.26. The summed E-state index contributed by atoms with van der Waals surface area (Å²) in [5.74, 6) is -3.41. The quantitative estimate of drug-likeness (QED) is 0.875. The largest absolute Gasteiger partial charge is 0.382 e. The van der Waals surface area contributed by atoms with Gasteiger partial charge in [0.25, 0.3) is 0 Å². The highest BCUT2D eigenvalue weighted by Gasteiger charge is 2.26. The number of hydrogen-bond acceptors (Lipinski definition) is 4. The molecule has 1 aromatic rings. The molecule has 0 bridgehead atoms. The minimum absolute atomic E-state index is 0.349. The Morgan fingerprint density at radius 2 is 1.79 bits per heavy atom. The van der Waals surface area contributed by atoms with Crippen molar-refractivity contribution in [2.45, 2.75) is 30.0 Å². The number of rotatable bonds is 6. The van der Waals surface area contributed by atoms with Gasteiger partial charge in [-0.15, -0.1) is 0 Å². The first kappa shape index (κ1) is 15.8. The summed E-state index contributed by atoms with van der Waals surface area (Å²) in [6, 6.07) is 5.22. The molecular weight excluding hydrogens is 276 g/mol. The summed E-state index contributed by atoms with van der Waals surface area (Å²) in [7, 11) is -2.96. The van der Waals surface area contributed by atoms with Crippen molar-refractivity contribution in [3.8, 4) is 0 Å². The summed E-state index contributed by atoms with van der Waals surface area (Å²) in [5, 5.41) is 3.12. The zero-order chi connectivity index (χ0) is 14.7. The average Bonchev–Trinajstić information content (AvgIpc) is 2.28. The SMILES string of the molecule is COCC(C)(C)Nc1ccc(S(=O)(=O)C(F)F)cc1. The zero-order valence-electron chi connectivity index (χ0n) is 11.0. The van der Waals surface area contributed by atoms with E-state index in [1.54, 1.807) is 7.11 Å². The molecule has 7 heteroatoms. The third kappa shape index (κ3) is 4.14. The smallest absolute Gasteiger partial charge is 0.341 e. The molecule has 4 nitrogen and oxygen atoms in total. The lowest BCUT2D eigenvalue weighted by atomic mass is 10.1. The molecule has 1 aromatic carbocycles. The number of alkyl halides is 2. The fraction of sp³-hybridized carbons (Fsp3) is 0.500. The van der Waals surface area contributed by atoms with Crippen molar-refractivity contribution in [3.63, 3.8) is 0 Å². The van der Waals surface area contributed by atoms with Gasteiger partial charge in [-0.1, -0.05) is 0 Å². The second-order valence-electron chi connectivity index (χ2n) is 4.77. The molecule has 0 aliphatic heterocycles. The van der Waals surface area contributed by atoms with Crippen molar-refractivity contribution in [2.75, 3.05) is 19.0 Å². The maximum atomic E-state index is 12.4. The molecule has 1 N–H and O–H groups in total. The van der Waals surface area contributed by atoms with Crippen LogP contribution in [0.25, 0.3) is 0 Å². The number of sulfone groups is 1. The minimum Gasteiger partial charge on any atom is -0.382 e. The monoisotopic (exact) mass is 293 g/mol. The van der Waals surface area contributed by atoms with Crippen LogP contribution in [0.2, 0.25) is 0 Å². The number of methoxy groups -OCH3 is 1. The number of hydrogen-bond donors (Lipinski definition) is 1. The van der Waals surface area contributed by atoms with Crippen molar-refractivity contribution < 1.29 is 21.9 Å². The van der Waals surface area contributed by atoms with Crippen LogP contribution in [0.4, 0.5) is 14.5 Å². The van der Waals surface area contributed by atoms with E-state index in [-0.39, 0.29) is 5.54 Å². The van der Waals surface area contributed by atoms with Gasteiger partial charge < -0.3 is 10.1 Å². The van der Waals surface area contributed by atoms with Crippen molar-refractivity contribution >= 4 is 15.5 Å². The van der Waals surface area contributed by atoms with Crippen LogP contribution in [0, 0.1) is 0 Å². The molecule has 0 aliphatic rings. The number of nitrogens with one attached hydrogen (secondary N) is 1. The normalized spacial score (nSPS) is 12.7. The number of anilines is 1. The summed E-state index contributed by atoms with van der Waals surface area (Å²) in [5.41, 5.74) is 0.285. The van der Waals surface area contributed by atoms with E-state index in [4.69, 9.17) is 4.74 Å². The Morgan fingerprint density at radius 3 is 2.21 bits per heavy atom. The van der Waals surface area contributed by atoms with Crippen LogP contribution < -0.4 is 5.32 Å². The molecule has 0 saturated heterocycles. The number of ether oxygens (including phenoxy) is 1. The van der Waals surface area contributed by atoms with Crippen molar-refractivity contribution in [1.29, 1.82) is 0 Å². The Hall–Kier alpha value is -1.21. The predicted octanol–water partition coefficient (Wildman–Crippen LogP) is 2.52. The van der Waals surface area contributed by atoms with Gasteiger partial charge in [-0.2, -0.15) is 8.78 Å². The standard InChI is InChI=1S/C12H17F2NO3S/c1-12(2,8-18-3)15-9-4-6-10(7-5-9)19(16,17)11(13)14/h4-7,11,15H,8H2,1-3H3. The van der Waals surface area contributed by atoms with E-state index in [0.717, 1.165) is 12.1 Å². The molecule has 0 amide bonds. The Balaban J connectivity index is 2.89. The second kappa shape index (κ2) is 5.83. The molecule has 0 spiro atoms. The maximum Gasteiger partial charge on any atom is 0.341 e. The summed E-state index contributed by atoms with van der Waals surface area (Å²) in [6.07, 6.45) is 0. The molecule has 0 radical (unpaired) electrons. The molecular formula is C12H17F2NO3S. The Kier molecular flexibility index (Phi) is 4.86. The predicted molar refractivity (Wildman–Crippen MR) is 69.2 cm³/mol. The molecule has 0 saturated carbocycles. The van der Waals surface area contributed by atoms with Crippen molar-refractivity contribution in [1.82, 2.24) is 0 Å². The van der Waals surface area contributed by atoms with Gasteiger partial charge in [-0.05, 0) is 38.1 Å². The highest BCUT2D eigenvalue weighted by molar-refractivity contribution is 7.91. The second-order valence-corrected chi connectivity index (χ2v) is 6.69. The molecule has 0 aliphatic carbocycles. The molecule has 0 atom stereocenters. The Labute approximate surface area is 111 Å². The van der Waals surface area contributed by atoms with Gasteiger partial charge in [0.2, 0.25) is 9.84 Å². The van der Waals surface area contributed by atoms with Crippen molar-refractivity contribution in [2.24, 2.45) is 0 Å². The third-order valence-corrected chi connectivity index (χ3v) is 3.80. The van der Waals surface area contributed by atoms with Crippen LogP contribution in [0.5, 0.6) is 0 Å². The fourth-order valence-corrected chi connectivity index (χ4v) is 2.34. The lowest BCUT2D eigenvalue weighted by Crippen LogP contribution is -2.35. The van der Waals surface area contributed by atoms with Gasteiger partial charge in [-0.3, -0.25) is 0 Å². The summed E-state index contributed by atoms with van der Waals surface area (Å²) < 4.78 is 52.2. The summed E-state index contributed by atoms with van der Waals surface area (Å²) in [6.45, 7) is 4.25. The summed E-state index contributed by atoms with van der Waals surface area (Å²) >= 11 is 0. The first-order chi connectivity index (χ1) is 8.69. The molecule has 108 valence electrons. The van der Waals surface area contributed by atoms with E-state index in [0.29, 0.717) is 12.3 Å². The summed E-state index contributed by atoms with van der Waals surface area (Å²) in [4.78, 5) is -0.391. The third-order valence-electron chi connectivity index (χ3n) is 2.41. The molecule has 1 rings (SSSR count). The number of halogens is 2. The van der Waals surface area contributed by atoms with E-state index < -0.39 is 20.5 Å². The van der Waals surface area contributed by atoms with Gasteiger partial charge in [0.05, 0.1) is 17.0 Å². The highest BCUT2D eigenvalue weighted by atomic mass is 32.2. The molecule has 0 unspecified atom stereocenters. The van der Waals surface area contributed by atoms with Crippen LogP contribution in [-0.4, -0.2) is 33.4 Å². The lowest BCUT2D eigenvalue weighted by molar-refractivity contribution is 0.158. The van der Waals surface area contributed by atoms with Crippen LogP contribution in [-0.2, 0) is 14.6 Å². The highest BCUT2D eigenvalue weighted by Crippen LogP contribution is 2.22. The minimum atomic E-state index is -4.53. The van der Waals surface area contributed by atoms with E-state index >= 15 is 0 Å². The Bertz CT molecular complexity index is 512. The van der Waals surface area contributed by atoms with E-state index in [9.17, 15) is 17.2 Å². The first-order valence-corrected chi connectivity index (χ1v) is 7.13. The van der Waals surface area contributed by atoms with E-state index in [2.05, 4.69) is 5.32 Å². The van der Waals surface area contributed by atoms with Crippen LogP contribution in [0.15, 0.2) is 29.2 Å².